The van der Waals surface area contributed by atoms with E-state index in [0.717, 1.165) is 0 Å². The standard InChI is InChI=1S/C17H19NO3/c1-4-11-17(16(20)21-6-3)14-10-8-7-9-13(14)15(19)18(17)12-5-2/h4-5,7-10H,1-2,6,11-12H2,3H3. The fraction of sp³-hybridized carbons (Fsp3) is 0.294. The molecule has 4 nitrogen and oxygen atoms in total. The van der Waals surface area contributed by atoms with Crippen LogP contribution >= 0.6 is 0 Å². The monoisotopic (exact) mass is 285 g/mol. The number of carbonyl (C=O) groups excluding carboxylic acids is 2. The van der Waals surface area contributed by atoms with Gasteiger partial charge in [0.15, 0.2) is 5.54 Å². The van der Waals surface area contributed by atoms with Crippen molar-refractivity contribution in [3.63, 3.8) is 0 Å². The number of carbonyl (C=O) groups is 2. The average molecular weight is 285 g/mol. The van der Waals surface area contributed by atoms with Crippen LogP contribution in [-0.2, 0) is 15.1 Å². The van der Waals surface area contributed by atoms with Crippen LogP contribution in [0.15, 0.2) is 49.6 Å². The molecule has 0 aromatic heterocycles. The summed E-state index contributed by atoms with van der Waals surface area (Å²) >= 11 is 0. The van der Waals surface area contributed by atoms with Gasteiger partial charge in [0.05, 0.1) is 6.61 Å². The van der Waals surface area contributed by atoms with Crippen molar-refractivity contribution >= 4 is 11.9 Å². The van der Waals surface area contributed by atoms with E-state index in [1.807, 2.05) is 6.07 Å². The van der Waals surface area contributed by atoms with Gasteiger partial charge in [-0.1, -0.05) is 30.4 Å². The van der Waals surface area contributed by atoms with Crippen LogP contribution in [0.1, 0.15) is 29.3 Å². The minimum absolute atomic E-state index is 0.180. The van der Waals surface area contributed by atoms with E-state index in [1.54, 1.807) is 37.3 Å². The van der Waals surface area contributed by atoms with E-state index in [9.17, 15) is 9.59 Å². The number of esters is 1. The highest BCUT2D eigenvalue weighted by Crippen LogP contribution is 2.43. The number of rotatable bonds is 6. The van der Waals surface area contributed by atoms with Crippen molar-refractivity contribution in [3.05, 3.63) is 60.7 Å². The van der Waals surface area contributed by atoms with Crippen LogP contribution in [0.3, 0.4) is 0 Å². The maximum Gasteiger partial charge on any atom is 0.337 e. The summed E-state index contributed by atoms with van der Waals surface area (Å²) in [6.45, 7) is 9.70. The summed E-state index contributed by atoms with van der Waals surface area (Å²) in [5, 5.41) is 0. The summed E-state index contributed by atoms with van der Waals surface area (Å²) in [6, 6.07) is 7.15. The van der Waals surface area contributed by atoms with E-state index in [-0.39, 0.29) is 19.1 Å². The lowest BCUT2D eigenvalue weighted by molar-refractivity contribution is -0.156. The highest BCUT2D eigenvalue weighted by molar-refractivity contribution is 6.06. The topological polar surface area (TPSA) is 46.6 Å². The normalized spacial score (nSPS) is 20.0. The molecule has 0 fully saturated rings. The highest BCUT2D eigenvalue weighted by Gasteiger charge is 2.54. The van der Waals surface area contributed by atoms with Crippen LogP contribution in [0.4, 0.5) is 0 Å². The van der Waals surface area contributed by atoms with Gasteiger partial charge in [-0.3, -0.25) is 4.79 Å². The quantitative estimate of drug-likeness (QED) is 0.596. The Kier molecular flexibility index (Phi) is 4.26. The Bertz CT molecular complexity index is 593. The largest absolute Gasteiger partial charge is 0.464 e. The number of amides is 1. The van der Waals surface area contributed by atoms with E-state index in [0.29, 0.717) is 17.5 Å². The molecule has 1 aromatic rings. The van der Waals surface area contributed by atoms with Crippen molar-refractivity contribution in [3.8, 4) is 0 Å². The average Bonchev–Trinajstić information content (AvgIpc) is 2.72. The van der Waals surface area contributed by atoms with Gasteiger partial charge in [-0.15, -0.1) is 13.2 Å². The van der Waals surface area contributed by atoms with E-state index in [4.69, 9.17) is 4.74 Å². The first-order valence-corrected chi connectivity index (χ1v) is 6.94. The van der Waals surface area contributed by atoms with Crippen LogP contribution in [0.2, 0.25) is 0 Å². The van der Waals surface area contributed by atoms with Crippen molar-refractivity contribution < 1.29 is 14.3 Å². The second-order valence-electron chi connectivity index (χ2n) is 4.82. The summed E-state index contributed by atoms with van der Waals surface area (Å²) in [4.78, 5) is 26.8. The fourth-order valence-corrected chi connectivity index (χ4v) is 2.85. The SMILES string of the molecule is C=CCN1C(=O)c2ccccc2C1(CC=C)C(=O)OCC. The predicted molar refractivity (Wildman–Crippen MR) is 80.8 cm³/mol. The molecule has 4 heteroatoms. The van der Waals surface area contributed by atoms with Crippen molar-refractivity contribution in [1.82, 2.24) is 4.90 Å². The van der Waals surface area contributed by atoms with Crippen molar-refractivity contribution in [1.29, 1.82) is 0 Å². The molecule has 0 aliphatic carbocycles. The second kappa shape index (κ2) is 5.95. The number of fused-ring (bicyclic) bond motifs is 1. The second-order valence-corrected chi connectivity index (χ2v) is 4.82. The van der Waals surface area contributed by atoms with Crippen molar-refractivity contribution in [2.45, 2.75) is 18.9 Å². The lowest BCUT2D eigenvalue weighted by Crippen LogP contribution is -2.50. The first-order valence-electron chi connectivity index (χ1n) is 6.94. The number of hydrogen-bond acceptors (Lipinski definition) is 3. The Morgan fingerprint density at radius 3 is 2.67 bits per heavy atom. The van der Waals surface area contributed by atoms with Crippen LogP contribution < -0.4 is 0 Å². The molecule has 1 heterocycles. The van der Waals surface area contributed by atoms with E-state index in [1.165, 1.54) is 4.90 Å². The van der Waals surface area contributed by atoms with Crippen LogP contribution in [0, 0.1) is 0 Å². The Balaban J connectivity index is 2.67. The minimum atomic E-state index is -1.14. The third-order valence-electron chi connectivity index (χ3n) is 3.67. The summed E-state index contributed by atoms with van der Waals surface area (Å²) in [6.07, 6.45) is 3.56. The van der Waals surface area contributed by atoms with Gasteiger partial charge in [-0.25, -0.2) is 4.79 Å². The molecule has 0 N–H and O–H groups in total. The predicted octanol–water partition coefficient (Wildman–Crippen LogP) is 2.66. The molecule has 2 rings (SSSR count). The van der Waals surface area contributed by atoms with Crippen LogP contribution in [-0.4, -0.2) is 29.9 Å². The molecule has 0 saturated carbocycles. The Morgan fingerprint density at radius 1 is 1.33 bits per heavy atom. The van der Waals surface area contributed by atoms with Crippen LogP contribution in [0.25, 0.3) is 0 Å². The fourth-order valence-electron chi connectivity index (χ4n) is 2.85. The highest BCUT2D eigenvalue weighted by atomic mass is 16.5. The van der Waals surface area contributed by atoms with Gasteiger partial charge in [0, 0.05) is 24.1 Å². The number of nitrogens with zero attached hydrogens (tertiary/aromatic N) is 1. The van der Waals surface area contributed by atoms with Gasteiger partial charge >= 0.3 is 5.97 Å². The molecule has 1 aliphatic rings. The van der Waals surface area contributed by atoms with Gasteiger partial charge in [0.25, 0.3) is 5.91 Å². The van der Waals surface area contributed by atoms with Gasteiger partial charge in [0.1, 0.15) is 0 Å². The first-order chi connectivity index (χ1) is 10.1. The lowest BCUT2D eigenvalue weighted by atomic mass is 9.86. The molecule has 1 aromatic carbocycles. The third-order valence-corrected chi connectivity index (χ3v) is 3.67. The maximum absolute atomic E-state index is 12.7. The summed E-state index contributed by atoms with van der Waals surface area (Å²) in [5.41, 5.74) is 0.0732. The maximum atomic E-state index is 12.7. The molecular weight excluding hydrogens is 266 g/mol. The Morgan fingerprint density at radius 2 is 2.05 bits per heavy atom. The molecule has 1 unspecified atom stereocenters. The molecule has 1 atom stereocenters. The minimum Gasteiger partial charge on any atom is -0.464 e. The molecular formula is C17H19NO3. The van der Waals surface area contributed by atoms with Crippen molar-refractivity contribution in [2.75, 3.05) is 13.2 Å². The van der Waals surface area contributed by atoms with E-state index in [2.05, 4.69) is 13.2 Å². The molecule has 21 heavy (non-hydrogen) atoms. The lowest BCUT2D eigenvalue weighted by Gasteiger charge is -2.35. The zero-order valence-corrected chi connectivity index (χ0v) is 12.2. The van der Waals surface area contributed by atoms with Crippen molar-refractivity contribution in [2.24, 2.45) is 0 Å². The first kappa shape index (κ1) is 15.0. The molecule has 0 radical (unpaired) electrons. The number of benzene rings is 1. The van der Waals surface area contributed by atoms with Gasteiger partial charge in [0.2, 0.25) is 0 Å². The zero-order valence-electron chi connectivity index (χ0n) is 12.2. The smallest absolute Gasteiger partial charge is 0.337 e. The third kappa shape index (κ3) is 2.17. The van der Waals surface area contributed by atoms with Gasteiger partial charge < -0.3 is 9.64 Å². The molecule has 0 bridgehead atoms. The van der Waals surface area contributed by atoms with E-state index >= 15 is 0 Å². The number of ether oxygens (including phenoxy) is 1. The Labute approximate surface area is 124 Å². The number of hydrogen-bond donors (Lipinski definition) is 0. The summed E-state index contributed by atoms with van der Waals surface area (Å²) in [7, 11) is 0. The molecule has 1 amide bonds. The molecule has 110 valence electrons. The van der Waals surface area contributed by atoms with Gasteiger partial charge in [-0.05, 0) is 13.0 Å². The van der Waals surface area contributed by atoms with Crippen LogP contribution in [0.5, 0.6) is 0 Å². The summed E-state index contributed by atoms with van der Waals surface area (Å²) in [5.74, 6) is -0.606. The van der Waals surface area contributed by atoms with E-state index < -0.39 is 11.5 Å². The Hall–Kier alpha value is -2.36. The molecule has 0 spiro atoms. The molecule has 0 saturated heterocycles. The van der Waals surface area contributed by atoms with Gasteiger partial charge in [-0.2, -0.15) is 0 Å². The summed E-state index contributed by atoms with van der Waals surface area (Å²) < 4.78 is 5.25. The molecule has 1 aliphatic heterocycles. The zero-order chi connectivity index (χ0) is 15.5.